The van der Waals surface area contributed by atoms with Gasteiger partial charge in [0.2, 0.25) is 0 Å². The maximum atomic E-state index is 12.0. The van der Waals surface area contributed by atoms with Crippen LogP contribution in [-0.2, 0) is 25.8 Å². The van der Waals surface area contributed by atoms with E-state index in [1.165, 1.54) is 23.2 Å². The molecule has 2 heterocycles. The number of thiophene rings is 1. The third-order valence-electron chi connectivity index (χ3n) is 3.93. The molecule has 4 heteroatoms. The summed E-state index contributed by atoms with van der Waals surface area (Å²) in [5.74, 6) is 0. The van der Waals surface area contributed by atoms with Crippen LogP contribution in [-0.4, -0.2) is 17.7 Å². The first kappa shape index (κ1) is 13.6. The standard InChI is InChI=1S/C16H20N2OS/c19-16-5-4-14-2-1-3-15(14)18(16)10-9-17-8-6-13-7-11-20-12-13/h4-5,7,11-12,17H,1-3,6,8-10H2. The number of aromatic nitrogens is 1. The molecule has 2 aromatic rings. The number of pyridine rings is 1. The van der Waals surface area contributed by atoms with E-state index in [4.69, 9.17) is 0 Å². The molecule has 0 fully saturated rings. The van der Waals surface area contributed by atoms with E-state index in [1.807, 2.05) is 10.6 Å². The summed E-state index contributed by atoms with van der Waals surface area (Å²) in [6, 6.07) is 5.89. The molecule has 0 saturated carbocycles. The van der Waals surface area contributed by atoms with Gasteiger partial charge in [0.15, 0.2) is 0 Å². The Hall–Kier alpha value is -1.39. The Bertz CT molecular complexity index is 616. The van der Waals surface area contributed by atoms with Crippen molar-refractivity contribution < 1.29 is 0 Å². The fourth-order valence-corrected chi connectivity index (χ4v) is 3.57. The average molecular weight is 288 g/mol. The first-order valence-corrected chi connectivity index (χ1v) is 8.22. The third kappa shape index (κ3) is 3.02. The second-order valence-electron chi connectivity index (χ2n) is 5.28. The van der Waals surface area contributed by atoms with E-state index in [0.29, 0.717) is 0 Å². The van der Waals surface area contributed by atoms with Gasteiger partial charge in [-0.25, -0.2) is 0 Å². The molecule has 0 radical (unpaired) electrons. The molecule has 0 aromatic carbocycles. The molecule has 0 saturated heterocycles. The van der Waals surface area contributed by atoms with Crippen molar-refractivity contribution in [2.24, 2.45) is 0 Å². The van der Waals surface area contributed by atoms with Gasteiger partial charge < -0.3 is 9.88 Å². The van der Waals surface area contributed by atoms with Gasteiger partial charge in [-0.1, -0.05) is 6.07 Å². The topological polar surface area (TPSA) is 34.0 Å². The Morgan fingerprint density at radius 1 is 1.20 bits per heavy atom. The summed E-state index contributed by atoms with van der Waals surface area (Å²) in [4.78, 5) is 12.0. The third-order valence-corrected chi connectivity index (χ3v) is 4.66. The average Bonchev–Trinajstić information content (AvgIpc) is 3.11. The van der Waals surface area contributed by atoms with Crippen LogP contribution in [0.4, 0.5) is 0 Å². The SMILES string of the molecule is O=c1ccc2c(n1CCNCCc1ccsc1)CCC2. The van der Waals surface area contributed by atoms with Gasteiger partial charge in [0.1, 0.15) is 0 Å². The van der Waals surface area contributed by atoms with Crippen molar-refractivity contribution in [1.29, 1.82) is 0 Å². The Labute approximate surface area is 123 Å². The maximum Gasteiger partial charge on any atom is 0.250 e. The predicted octanol–water partition coefficient (Wildman–Crippen LogP) is 2.23. The molecule has 3 rings (SSSR count). The van der Waals surface area contributed by atoms with Crippen LogP contribution >= 0.6 is 11.3 Å². The van der Waals surface area contributed by atoms with E-state index in [9.17, 15) is 4.79 Å². The van der Waals surface area contributed by atoms with Crippen LogP contribution < -0.4 is 10.9 Å². The molecule has 0 spiro atoms. The number of rotatable bonds is 6. The van der Waals surface area contributed by atoms with Gasteiger partial charge in [0.25, 0.3) is 5.56 Å². The highest BCUT2D eigenvalue weighted by molar-refractivity contribution is 7.07. The zero-order chi connectivity index (χ0) is 13.8. The Morgan fingerprint density at radius 2 is 2.15 bits per heavy atom. The largest absolute Gasteiger partial charge is 0.315 e. The maximum absolute atomic E-state index is 12.0. The van der Waals surface area contributed by atoms with E-state index in [0.717, 1.165) is 38.9 Å². The molecule has 1 aliphatic rings. The summed E-state index contributed by atoms with van der Waals surface area (Å²) < 4.78 is 1.96. The lowest BCUT2D eigenvalue weighted by atomic mass is 10.2. The van der Waals surface area contributed by atoms with Crippen LogP contribution in [0.5, 0.6) is 0 Å². The monoisotopic (exact) mass is 288 g/mol. The van der Waals surface area contributed by atoms with Crippen LogP contribution in [0.3, 0.4) is 0 Å². The lowest BCUT2D eigenvalue weighted by Gasteiger charge is -2.12. The van der Waals surface area contributed by atoms with Crippen LogP contribution in [0.25, 0.3) is 0 Å². The summed E-state index contributed by atoms with van der Waals surface area (Å²) in [5, 5.41) is 7.74. The van der Waals surface area contributed by atoms with Gasteiger partial charge >= 0.3 is 0 Å². The number of hydrogen-bond acceptors (Lipinski definition) is 3. The molecule has 0 unspecified atom stereocenters. The van der Waals surface area contributed by atoms with Gasteiger partial charge in [-0.2, -0.15) is 11.3 Å². The zero-order valence-electron chi connectivity index (χ0n) is 11.6. The molecular weight excluding hydrogens is 268 g/mol. The number of fused-ring (bicyclic) bond motifs is 1. The summed E-state index contributed by atoms with van der Waals surface area (Å²) >= 11 is 1.74. The molecule has 0 amide bonds. The minimum Gasteiger partial charge on any atom is -0.315 e. The second kappa shape index (κ2) is 6.37. The number of nitrogens with zero attached hydrogens (tertiary/aromatic N) is 1. The summed E-state index contributed by atoms with van der Waals surface area (Å²) in [7, 11) is 0. The van der Waals surface area contributed by atoms with Gasteiger partial charge in [0, 0.05) is 24.8 Å². The minimum absolute atomic E-state index is 0.144. The first-order chi connectivity index (χ1) is 9.84. The normalized spacial score (nSPS) is 13.6. The summed E-state index contributed by atoms with van der Waals surface area (Å²) in [6.07, 6.45) is 4.43. The van der Waals surface area contributed by atoms with Gasteiger partial charge in [-0.15, -0.1) is 0 Å². The fraction of sp³-hybridized carbons (Fsp3) is 0.438. The van der Waals surface area contributed by atoms with Crippen molar-refractivity contribution in [2.45, 2.75) is 32.2 Å². The van der Waals surface area contributed by atoms with Gasteiger partial charge in [-0.05, 0) is 60.2 Å². The summed E-state index contributed by atoms with van der Waals surface area (Å²) in [6.45, 7) is 2.62. The van der Waals surface area contributed by atoms with Crippen LogP contribution in [0.1, 0.15) is 23.2 Å². The van der Waals surface area contributed by atoms with Crippen LogP contribution in [0, 0.1) is 0 Å². The molecule has 0 aliphatic heterocycles. The number of hydrogen-bond donors (Lipinski definition) is 1. The number of aryl methyl sites for hydroxylation is 1. The molecule has 1 aliphatic carbocycles. The van der Waals surface area contributed by atoms with E-state index in [2.05, 4.69) is 22.1 Å². The van der Waals surface area contributed by atoms with Crippen molar-refractivity contribution in [3.63, 3.8) is 0 Å². The number of nitrogens with one attached hydrogen (secondary N) is 1. The second-order valence-corrected chi connectivity index (χ2v) is 6.06. The highest BCUT2D eigenvalue weighted by Crippen LogP contribution is 2.19. The first-order valence-electron chi connectivity index (χ1n) is 7.28. The molecular formula is C16H20N2OS. The van der Waals surface area contributed by atoms with Crippen LogP contribution in [0.15, 0.2) is 33.8 Å². The molecule has 2 aromatic heterocycles. The highest BCUT2D eigenvalue weighted by atomic mass is 32.1. The zero-order valence-corrected chi connectivity index (χ0v) is 12.4. The molecule has 0 bridgehead atoms. The Morgan fingerprint density at radius 3 is 3.00 bits per heavy atom. The lowest BCUT2D eigenvalue weighted by Crippen LogP contribution is -2.29. The highest BCUT2D eigenvalue weighted by Gasteiger charge is 2.15. The van der Waals surface area contributed by atoms with Gasteiger partial charge in [0.05, 0.1) is 0 Å². The lowest BCUT2D eigenvalue weighted by molar-refractivity contribution is 0.571. The molecule has 1 N–H and O–H groups in total. The molecule has 0 atom stereocenters. The predicted molar refractivity (Wildman–Crippen MR) is 83.6 cm³/mol. The van der Waals surface area contributed by atoms with Crippen LogP contribution in [0.2, 0.25) is 0 Å². The molecule has 20 heavy (non-hydrogen) atoms. The Kier molecular flexibility index (Phi) is 4.33. The minimum atomic E-state index is 0.144. The van der Waals surface area contributed by atoms with E-state index >= 15 is 0 Å². The van der Waals surface area contributed by atoms with Crippen molar-refractivity contribution >= 4 is 11.3 Å². The molecule has 3 nitrogen and oxygen atoms in total. The van der Waals surface area contributed by atoms with E-state index in [1.54, 1.807) is 17.4 Å². The van der Waals surface area contributed by atoms with Crippen molar-refractivity contribution in [3.8, 4) is 0 Å². The molecule has 106 valence electrons. The van der Waals surface area contributed by atoms with E-state index in [-0.39, 0.29) is 5.56 Å². The quantitative estimate of drug-likeness (QED) is 0.827. The Balaban J connectivity index is 1.51. The van der Waals surface area contributed by atoms with Crippen molar-refractivity contribution in [2.75, 3.05) is 13.1 Å². The summed E-state index contributed by atoms with van der Waals surface area (Å²) in [5.41, 5.74) is 4.16. The van der Waals surface area contributed by atoms with Crippen molar-refractivity contribution in [3.05, 3.63) is 56.1 Å². The van der Waals surface area contributed by atoms with Crippen molar-refractivity contribution in [1.82, 2.24) is 9.88 Å². The smallest absolute Gasteiger partial charge is 0.250 e. The fourth-order valence-electron chi connectivity index (χ4n) is 2.86. The van der Waals surface area contributed by atoms with Gasteiger partial charge in [-0.3, -0.25) is 4.79 Å². The van der Waals surface area contributed by atoms with E-state index < -0.39 is 0 Å².